The average molecular weight is 250 g/mol. The highest BCUT2D eigenvalue weighted by molar-refractivity contribution is 5.69. The minimum Gasteiger partial charge on any atom is -0.466 e. The van der Waals surface area contributed by atoms with Crippen LogP contribution in [0.3, 0.4) is 0 Å². The molecule has 0 radical (unpaired) electrons. The van der Waals surface area contributed by atoms with Crippen LogP contribution < -0.4 is 5.32 Å². The van der Waals surface area contributed by atoms with E-state index in [4.69, 9.17) is 10.00 Å². The second-order valence-electron chi connectivity index (χ2n) is 3.61. The molecule has 0 atom stereocenters. The molecule has 4 nitrogen and oxygen atoms in total. The van der Waals surface area contributed by atoms with Crippen LogP contribution in [0.15, 0.2) is 18.2 Å². The van der Waals surface area contributed by atoms with Gasteiger partial charge >= 0.3 is 5.97 Å². The summed E-state index contributed by atoms with van der Waals surface area (Å²) in [5.41, 5.74) is 0.440. The molecule has 0 aliphatic heterocycles. The molecule has 18 heavy (non-hydrogen) atoms. The smallest absolute Gasteiger partial charge is 0.305 e. The number of nitrogens with one attached hydrogen (secondary N) is 1. The van der Waals surface area contributed by atoms with Crippen molar-refractivity contribution in [3.8, 4) is 6.07 Å². The minimum atomic E-state index is -0.548. The second-order valence-corrected chi connectivity index (χ2v) is 3.61. The molecule has 0 bridgehead atoms. The number of hydrogen-bond donors (Lipinski definition) is 1. The molecule has 0 aliphatic carbocycles. The zero-order valence-electron chi connectivity index (χ0n) is 10.2. The van der Waals surface area contributed by atoms with E-state index in [0.717, 1.165) is 0 Å². The molecule has 0 unspecified atom stereocenters. The molecule has 96 valence electrons. The lowest BCUT2D eigenvalue weighted by molar-refractivity contribution is -0.143. The summed E-state index contributed by atoms with van der Waals surface area (Å²) >= 11 is 0. The van der Waals surface area contributed by atoms with Crippen molar-refractivity contribution in [2.45, 2.75) is 19.8 Å². The number of benzene rings is 1. The van der Waals surface area contributed by atoms with E-state index in [1.807, 2.05) is 0 Å². The lowest BCUT2D eigenvalue weighted by atomic mass is 10.2. The predicted octanol–water partition coefficient (Wildman–Crippen LogP) is 2.45. The maximum atomic E-state index is 13.3. The van der Waals surface area contributed by atoms with Crippen LogP contribution in [-0.4, -0.2) is 19.1 Å². The molecule has 1 aromatic carbocycles. The maximum Gasteiger partial charge on any atom is 0.305 e. The molecule has 0 fully saturated rings. The Labute approximate surface area is 105 Å². The first-order valence-corrected chi connectivity index (χ1v) is 5.77. The molecule has 5 heteroatoms. The average Bonchev–Trinajstić information content (AvgIpc) is 2.35. The number of nitrogens with zero attached hydrogens (tertiary/aromatic N) is 1. The van der Waals surface area contributed by atoms with Crippen molar-refractivity contribution < 1.29 is 13.9 Å². The van der Waals surface area contributed by atoms with Crippen molar-refractivity contribution in [2.24, 2.45) is 0 Å². The van der Waals surface area contributed by atoms with Crippen LogP contribution in [0.4, 0.5) is 10.1 Å². The highest BCUT2D eigenvalue weighted by atomic mass is 19.1. The van der Waals surface area contributed by atoms with Crippen LogP contribution in [0, 0.1) is 17.1 Å². The van der Waals surface area contributed by atoms with E-state index in [1.54, 1.807) is 19.1 Å². The van der Waals surface area contributed by atoms with E-state index in [0.29, 0.717) is 31.7 Å². The molecule has 1 aromatic rings. The first kappa shape index (κ1) is 14.0. The molecule has 0 heterocycles. The van der Waals surface area contributed by atoms with E-state index in [9.17, 15) is 9.18 Å². The Balaban J connectivity index is 2.43. The summed E-state index contributed by atoms with van der Waals surface area (Å²) in [6.45, 7) is 2.60. The quantitative estimate of drug-likeness (QED) is 0.622. The Morgan fingerprint density at radius 2 is 2.33 bits per heavy atom. The molecular weight excluding hydrogens is 235 g/mol. The fraction of sp³-hybridized carbons (Fsp3) is 0.385. The Kier molecular flexibility index (Phi) is 5.65. The molecule has 0 amide bonds. The topological polar surface area (TPSA) is 62.1 Å². The van der Waals surface area contributed by atoms with Gasteiger partial charge in [-0.3, -0.25) is 4.79 Å². The molecule has 0 saturated heterocycles. The van der Waals surface area contributed by atoms with Gasteiger partial charge in [-0.25, -0.2) is 4.39 Å². The summed E-state index contributed by atoms with van der Waals surface area (Å²) in [5, 5.41) is 11.7. The van der Waals surface area contributed by atoms with Crippen LogP contribution >= 0.6 is 0 Å². The number of carbonyl (C=O) groups is 1. The molecule has 1 rings (SSSR count). The van der Waals surface area contributed by atoms with Gasteiger partial charge in [0.25, 0.3) is 0 Å². The van der Waals surface area contributed by atoms with E-state index in [1.165, 1.54) is 12.1 Å². The number of carbonyl (C=O) groups excluding carboxylic acids is 1. The van der Waals surface area contributed by atoms with E-state index >= 15 is 0 Å². The lowest BCUT2D eigenvalue weighted by Crippen LogP contribution is -2.09. The first-order valence-electron chi connectivity index (χ1n) is 5.77. The van der Waals surface area contributed by atoms with Crippen molar-refractivity contribution in [3.63, 3.8) is 0 Å². The number of rotatable bonds is 6. The van der Waals surface area contributed by atoms with Crippen molar-refractivity contribution in [1.82, 2.24) is 0 Å². The van der Waals surface area contributed by atoms with Gasteiger partial charge in [-0.1, -0.05) is 6.07 Å². The normalized spacial score (nSPS) is 9.61. The van der Waals surface area contributed by atoms with Crippen LogP contribution in [0.5, 0.6) is 0 Å². The Bertz CT molecular complexity index is 455. The zero-order chi connectivity index (χ0) is 13.4. The first-order chi connectivity index (χ1) is 8.69. The fourth-order valence-corrected chi connectivity index (χ4v) is 1.47. The van der Waals surface area contributed by atoms with Gasteiger partial charge in [0.05, 0.1) is 12.3 Å². The summed E-state index contributed by atoms with van der Waals surface area (Å²) in [4.78, 5) is 11.1. The van der Waals surface area contributed by atoms with Crippen LogP contribution in [0.25, 0.3) is 0 Å². The second kappa shape index (κ2) is 7.28. The molecule has 1 N–H and O–H groups in total. The summed E-state index contributed by atoms with van der Waals surface area (Å²) < 4.78 is 18.0. The van der Waals surface area contributed by atoms with Crippen molar-refractivity contribution in [3.05, 3.63) is 29.6 Å². The van der Waals surface area contributed by atoms with Crippen LogP contribution in [0.2, 0.25) is 0 Å². The van der Waals surface area contributed by atoms with E-state index in [-0.39, 0.29) is 11.5 Å². The fourth-order valence-electron chi connectivity index (χ4n) is 1.47. The van der Waals surface area contributed by atoms with Gasteiger partial charge < -0.3 is 10.1 Å². The summed E-state index contributed by atoms with van der Waals surface area (Å²) in [6, 6.07) is 6.21. The number of anilines is 1. The number of hydrogen-bond acceptors (Lipinski definition) is 4. The highest BCUT2D eigenvalue weighted by Gasteiger charge is 2.07. The lowest BCUT2D eigenvalue weighted by Gasteiger charge is -2.08. The third-order valence-corrected chi connectivity index (χ3v) is 2.30. The molecule has 0 aromatic heterocycles. The van der Waals surface area contributed by atoms with Gasteiger partial charge in [-0.05, 0) is 25.5 Å². The zero-order valence-corrected chi connectivity index (χ0v) is 10.2. The molecule has 0 saturated carbocycles. The van der Waals surface area contributed by atoms with Gasteiger partial charge in [0.15, 0.2) is 0 Å². The summed E-state index contributed by atoms with van der Waals surface area (Å²) in [5.74, 6) is -0.799. The molecular formula is C13H15FN2O2. The summed E-state index contributed by atoms with van der Waals surface area (Å²) in [6.07, 6.45) is 0.873. The van der Waals surface area contributed by atoms with Crippen molar-refractivity contribution in [1.29, 1.82) is 5.26 Å². The number of ether oxygens (including phenoxy) is 1. The Morgan fingerprint density at radius 3 is 3.00 bits per heavy atom. The standard InChI is InChI=1S/C13H15FN2O2/c1-2-18-13(17)7-4-8-16-12-6-3-5-11(14)10(12)9-15/h3,5-6,16H,2,4,7-8H2,1H3. The minimum absolute atomic E-state index is 0.00589. The number of halogens is 1. The number of esters is 1. The predicted molar refractivity (Wildman–Crippen MR) is 65.5 cm³/mol. The maximum absolute atomic E-state index is 13.3. The third kappa shape index (κ3) is 4.06. The SMILES string of the molecule is CCOC(=O)CCCNc1cccc(F)c1C#N. The van der Waals surface area contributed by atoms with Crippen molar-refractivity contribution >= 4 is 11.7 Å². The van der Waals surface area contributed by atoms with E-state index in [2.05, 4.69) is 5.32 Å². The highest BCUT2D eigenvalue weighted by Crippen LogP contribution is 2.17. The summed E-state index contributed by atoms with van der Waals surface area (Å²) in [7, 11) is 0. The van der Waals surface area contributed by atoms with Crippen molar-refractivity contribution in [2.75, 3.05) is 18.5 Å². The molecule has 0 aliphatic rings. The Hall–Kier alpha value is -2.09. The third-order valence-electron chi connectivity index (χ3n) is 2.30. The van der Waals surface area contributed by atoms with Crippen LogP contribution in [-0.2, 0) is 9.53 Å². The largest absolute Gasteiger partial charge is 0.466 e. The van der Waals surface area contributed by atoms with E-state index < -0.39 is 5.82 Å². The molecule has 0 spiro atoms. The van der Waals surface area contributed by atoms with Gasteiger partial charge in [0.1, 0.15) is 17.4 Å². The van der Waals surface area contributed by atoms with Gasteiger partial charge in [-0.2, -0.15) is 5.26 Å². The number of nitriles is 1. The Morgan fingerprint density at radius 1 is 1.56 bits per heavy atom. The van der Waals surface area contributed by atoms with Gasteiger partial charge in [0, 0.05) is 13.0 Å². The monoisotopic (exact) mass is 250 g/mol. The van der Waals surface area contributed by atoms with Crippen LogP contribution in [0.1, 0.15) is 25.3 Å². The van der Waals surface area contributed by atoms with Gasteiger partial charge in [0.2, 0.25) is 0 Å². The van der Waals surface area contributed by atoms with Gasteiger partial charge in [-0.15, -0.1) is 0 Å².